The summed E-state index contributed by atoms with van der Waals surface area (Å²) in [5.74, 6) is 0.329. The van der Waals surface area contributed by atoms with Crippen LogP contribution >= 0.6 is 0 Å². The highest BCUT2D eigenvalue weighted by molar-refractivity contribution is 5.79. The van der Waals surface area contributed by atoms with Gasteiger partial charge in [0.15, 0.2) is 0 Å². The number of anilines is 1. The Balaban J connectivity index is 2.77. The van der Waals surface area contributed by atoms with Crippen molar-refractivity contribution in [2.75, 3.05) is 5.32 Å². The SMILES string of the molecule is CCC(=O)CC(CC)Nc1c(C)cccc1C. The summed E-state index contributed by atoms with van der Waals surface area (Å²) < 4.78 is 0. The topological polar surface area (TPSA) is 29.1 Å². The molecule has 0 amide bonds. The molecule has 1 atom stereocenters. The summed E-state index contributed by atoms with van der Waals surface area (Å²) in [6, 6.07) is 6.52. The highest BCUT2D eigenvalue weighted by Gasteiger charge is 2.12. The number of carbonyl (C=O) groups is 1. The van der Waals surface area contributed by atoms with Gasteiger partial charge in [-0.05, 0) is 31.4 Å². The molecular weight excluding hydrogens is 210 g/mol. The van der Waals surface area contributed by atoms with Crippen LogP contribution in [0.15, 0.2) is 18.2 Å². The predicted octanol–water partition coefficient (Wildman–Crippen LogP) is 3.86. The van der Waals surface area contributed by atoms with Gasteiger partial charge >= 0.3 is 0 Å². The van der Waals surface area contributed by atoms with Gasteiger partial charge in [-0.2, -0.15) is 0 Å². The number of para-hydroxylation sites is 1. The van der Waals surface area contributed by atoms with Gasteiger partial charge in [0.1, 0.15) is 5.78 Å². The molecule has 0 aliphatic heterocycles. The first-order valence-electron chi connectivity index (χ1n) is 6.42. The first-order chi connectivity index (χ1) is 8.08. The molecule has 0 saturated heterocycles. The van der Waals surface area contributed by atoms with Crippen LogP contribution in [0, 0.1) is 13.8 Å². The third kappa shape index (κ3) is 3.88. The maximum Gasteiger partial charge on any atom is 0.134 e. The van der Waals surface area contributed by atoms with Crippen molar-refractivity contribution < 1.29 is 4.79 Å². The number of rotatable bonds is 6. The molecule has 2 nitrogen and oxygen atoms in total. The predicted molar refractivity (Wildman–Crippen MR) is 73.5 cm³/mol. The van der Waals surface area contributed by atoms with Crippen LogP contribution in [0.1, 0.15) is 44.2 Å². The van der Waals surface area contributed by atoms with Crippen LogP contribution in [-0.2, 0) is 4.79 Å². The lowest BCUT2D eigenvalue weighted by molar-refractivity contribution is -0.119. The van der Waals surface area contributed by atoms with Crippen LogP contribution in [0.3, 0.4) is 0 Å². The molecule has 2 heteroatoms. The van der Waals surface area contributed by atoms with Crippen molar-refractivity contribution >= 4 is 11.5 Å². The molecule has 0 spiro atoms. The van der Waals surface area contributed by atoms with E-state index in [0.29, 0.717) is 18.6 Å². The summed E-state index contributed by atoms with van der Waals surface area (Å²) in [4.78, 5) is 11.5. The van der Waals surface area contributed by atoms with Gasteiger partial charge in [-0.1, -0.05) is 32.0 Å². The summed E-state index contributed by atoms with van der Waals surface area (Å²) in [6.07, 6.45) is 2.23. The summed E-state index contributed by atoms with van der Waals surface area (Å²) in [7, 11) is 0. The Bertz CT molecular complexity index is 364. The maximum absolute atomic E-state index is 11.5. The minimum Gasteiger partial charge on any atom is -0.381 e. The van der Waals surface area contributed by atoms with Crippen LogP contribution in [-0.4, -0.2) is 11.8 Å². The van der Waals surface area contributed by atoms with E-state index in [-0.39, 0.29) is 6.04 Å². The number of ketones is 1. The number of Topliss-reactive ketones (excluding diaryl/α,β-unsaturated/α-hetero) is 1. The molecule has 0 fully saturated rings. The lowest BCUT2D eigenvalue weighted by Gasteiger charge is -2.20. The van der Waals surface area contributed by atoms with E-state index in [1.54, 1.807) is 0 Å². The molecule has 0 radical (unpaired) electrons. The summed E-state index contributed by atoms with van der Waals surface area (Å²) in [6.45, 7) is 8.25. The van der Waals surface area contributed by atoms with E-state index in [2.05, 4.69) is 44.3 Å². The second-order valence-electron chi connectivity index (χ2n) is 4.61. The van der Waals surface area contributed by atoms with Crippen LogP contribution in [0.25, 0.3) is 0 Å². The van der Waals surface area contributed by atoms with Gasteiger partial charge in [-0.15, -0.1) is 0 Å². The zero-order chi connectivity index (χ0) is 12.8. The molecule has 1 rings (SSSR count). The van der Waals surface area contributed by atoms with Crippen molar-refractivity contribution in [1.82, 2.24) is 0 Å². The maximum atomic E-state index is 11.5. The highest BCUT2D eigenvalue weighted by Crippen LogP contribution is 2.21. The van der Waals surface area contributed by atoms with E-state index in [1.807, 2.05) is 6.92 Å². The number of carbonyl (C=O) groups excluding carboxylic acids is 1. The number of hydrogen-bond acceptors (Lipinski definition) is 2. The van der Waals surface area contributed by atoms with Crippen LogP contribution in [0.2, 0.25) is 0 Å². The highest BCUT2D eigenvalue weighted by atomic mass is 16.1. The van der Waals surface area contributed by atoms with E-state index in [0.717, 1.165) is 6.42 Å². The van der Waals surface area contributed by atoms with Gasteiger partial charge in [-0.3, -0.25) is 4.79 Å². The normalized spacial score (nSPS) is 12.2. The standard InChI is InChI=1S/C15H23NO/c1-5-13(10-14(17)6-2)16-15-11(3)8-7-9-12(15)4/h7-9,13,16H,5-6,10H2,1-4H3. The molecular formula is C15H23NO. The largest absolute Gasteiger partial charge is 0.381 e. The van der Waals surface area contributed by atoms with Crippen LogP contribution < -0.4 is 5.32 Å². The molecule has 1 unspecified atom stereocenters. The third-order valence-corrected chi connectivity index (χ3v) is 3.19. The minimum atomic E-state index is 0.252. The molecule has 0 heterocycles. The molecule has 0 aromatic heterocycles. The van der Waals surface area contributed by atoms with E-state index in [9.17, 15) is 4.79 Å². The zero-order valence-corrected chi connectivity index (χ0v) is 11.3. The molecule has 0 saturated carbocycles. The Labute approximate surface area is 104 Å². The second kappa shape index (κ2) is 6.43. The Morgan fingerprint density at radius 2 is 1.82 bits per heavy atom. The second-order valence-corrected chi connectivity index (χ2v) is 4.61. The van der Waals surface area contributed by atoms with Crippen molar-refractivity contribution in [2.24, 2.45) is 0 Å². The summed E-state index contributed by atoms with van der Waals surface area (Å²) in [5.41, 5.74) is 3.67. The van der Waals surface area contributed by atoms with Gasteiger partial charge in [0.2, 0.25) is 0 Å². The van der Waals surface area contributed by atoms with Gasteiger partial charge in [0, 0.05) is 24.6 Å². The average Bonchev–Trinajstić information content (AvgIpc) is 2.32. The first kappa shape index (κ1) is 13.8. The Kier molecular flexibility index (Phi) is 5.20. The van der Waals surface area contributed by atoms with Crippen molar-refractivity contribution in [1.29, 1.82) is 0 Å². The summed E-state index contributed by atoms with van der Waals surface area (Å²) >= 11 is 0. The first-order valence-corrected chi connectivity index (χ1v) is 6.42. The lowest BCUT2D eigenvalue weighted by atomic mass is 10.0. The van der Waals surface area contributed by atoms with Gasteiger partial charge in [0.25, 0.3) is 0 Å². The van der Waals surface area contributed by atoms with E-state index < -0.39 is 0 Å². The number of aryl methyl sites for hydroxylation is 2. The third-order valence-electron chi connectivity index (χ3n) is 3.19. The monoisotopic (exact) mass is 233 g/mol. The molecule has 1 N–H and O–H groups in total. The molecule has 0 aliphatic carbocycles. The molecule has 0 bridgehead atoms. The number of nitrogens with one attached hydrogen (secondary N) is 1. The molecule has 94 valence electrons. The fourth-order valence-corrected chi connectivity index (χ4v) is 1.96. The quantitative estimate of drug-likeness (QED) is 0.808. The van der Waals surface area contributed by atoms with Crippen molar-refractivity contribution in [2.45, 2.75) is 53.0 Å². The van der Waals surface area contributed by atoms with Crippen molar-refractivity contribution in [3.63, 3.8) is 0 Å². The fourth-order valence-electron chi connectivity index (χ4n) is 1.96. The Hall–Kier alpha value is -1.31. The van der Waals surface area contributed by atoms with E-state index in [1.165, 1.54) is 16.8 Å². The smallest absolute Gasteiger partial charge is 0.134 e. The molecule has 0 aliphatic rings. The Morgan fingerprint density at radius 3 is 2.29 bits per heavy atom. The lowest BCUT2D eigenvalue weighted by Crippen LogP contribution is -2.23. The van der Waals surface area contributed by atoms with Crippen LogP contribution in [0.4, 0.5) is 5.69 Å². The summed E-state index contributed by atoms with van der Waals surface area (Å²) in [5, 5.41) is 3.51. The molecule has 17 heavy (non-hydrogen) atoms. The van der Waals surface area contributed by atoms with Gasteiger partial charge in [0.05, 0.1) is 0 Å². The van der Waals surface area contributed by atoms with Gasteiger partial charge in [-0.25, -0.2) is 0 Å². The van der Waals surface area contributed by atoms with Crippen LogP contribution in [0.5, 0.6) is 0 Å². The minimum absolute atomic E-state index is 0.252. The van der Waals surface area contributed by atoms with E-state index >= 15 is 0 Å². The number of hydrogen-bond donors (Lipinski definition) is 1. The molecule has 1 aromatic rings. The van der Waals surface area contributed by atoms with Crippen molar-refractivity contribution in [3.05, 3.63) is 29.3 Å². The molecule has 1 aromatic carbocycles. The van der Waals surface area contributed by atoms with E-state index in [4.69, 9.17) is 0 Å². The average molecular weight is 233 g/mol. The van der Waals surface area contributed by atoms with Gasteiger partial charge < -0.3 is 5.32 Å². The number of benzene rings is 1. The fraction of sp³-hybridized carbons (Fsp3) is 0.533. The Morgan fingerprint density at radius 1 is 1.24 bits per heavy atom. The van der Waals surface area contributed by atoms with Crippen molar-refractivity contribution in [3.8, 4) is 0 Å². The zero-order valence-electron chi connectivity index (χ0n) is 11.3.